The number of hydrogen-bond acceptors (Lipinski definition) is 3. The molecule has 2 aliphatic rings. The molecule has 5 heteroatoms. The summed E-state index contributed by atoms with van der Waals surface area (Å²) in [6.45, 7) is 5.70. The SMILES string of the molecule is CC(C)C1(C(=O)NC2(CC(=O)O)CCCC2)CCNC1. The Hall–Kier alpha value is -1.10. The molecule has 20 heavy (non-hydrogen) atoms. The summed E-state index contributed by atoms with van der Waals surface area (Å²) in [7, 11) is 0. The van der Waals surface area contributed by atoms with E-state index in [1.54, 1.807) is 0 Å². The summed E-state index contributed by atoms with van der Waals surface area (Å²) in [5.74, 6) is -0.531. The molecule has 2 rings (SSSR count). The number of rotatable bonds is 5. The van der Waals surface area contributed by atoms with Gasteiger partial charge in [0.2, 0.25) is 5.91 Å². The summed E-state index contributed by atoms with van der Waals surface area (Å²) in [6, 6.07) is 0. The number of carboxylic acid groups (broad SMARTS) is 1. The summed E-state index contributed by atoms with van der Waals surface area (Å²) in [6.07, 6.45) is 4.44. The van der Waals surface area contributed by atoms with Crippen LogP contribution in [0.15, 0.2) is 0 Å². The van der Waals surface area contributed by atoms with Gasteiger partial charge < -0.3 is 15.7 Å². The second-order valence-electron chi connectivity index (χ2n) is 6.75. The zero-order valence-corrected chi connectivity index (χ0v) is 12.5. The first-order chi connectivity index (χ1) is 9.40. The van der Waals surface area contributed by atoms with Crippen LogP contribution in [-0.4, -0.2) is 35.6 Å². The monoisotopic (exact) mass is 282 g/mol. The minimum absolute atomic E-state index is 0.0420. The van der Waals surface area contributed by atoms with Crippen molar-refractivity contribution < 1.29 is 14.7 Å². The van der Waals surface area contributed by atoms with Crippen molar-refractivity contribution in [3.63, 3.8) is 0 Å². The highest BCUT2D eigenvalue weighted by atomic mass is 16.4. The number of carbonyl (C=O) groups is 2. The molecule has 0 aromatic carbocycles. The third-order valence-electron chi connectivity index (χ3n) is 5.17. The van der Waals surface area contributed by atoms with Gasteiger partial charge in [-0.05, 0) is 31.7 Å². The molecule has 0 aromatic heterocycles. The molecule has 5 nitrogen and oxygen atoms in total. The molecule has 3 N–H and O–H groups in total. The Balaban J connectivity index is 2.13. The quantitative estimate of drug-likeness (QED) is 0.714. The lowest BCUT2D eigenvalue weighted by molar-refractivity contribution is -0.140. The van der Waals surface area contributed by atoms with E-state index < -0.39 is 11.5 Å². The molecule has 1 aliphatic carbocycles. The van der Waals surface area contributed by atoms with E-state index in [4.69, 9.17) is 5.11 Å². The van der Waals surface area contributed by atoms with Gasteiger partial charge in [0.15, 0.2) is 0 Å². The van der Waals surface area contributed by atoms with Crippen LogP contribution in [0.5, 0.6) is 0 Å². The van der Waals surface area contributed by atoms with Gasteiger partial charge in [-0.3, -0.25) is 9.59 Å². The zero-order chi connectivity index (χ0) is 14.8. The third-order valence-corrected chi connectivity index (χ3v) is 5.17. The molecule has 1 amide bonds. The molecule has 0 radical (unpaired) electrons. The van der Waals surface area contributed by atoms with Crippen LogP contribution in [0.1, 0.15) is 52.4 Å². The Kier molecular flexibility index (Phi) is 4.37. The zero-order valence-electron chi connectivity index (χ0n) is 12.5. The fourth-order valence-electron chi connectivity index (χ4n) is 3.71. The van der Waals surface area contributed by atoms with Crippen molar-refractivity contribution in [3.8, 4) is 0 Å². The highest BCUT2D eigenvalue weighted by molar-refractivity contribution is 5.85. The lowest BCUT2D eigenvalue weighted by atomic mass is 9.74. The number of hydrogen-bond donors (Lipinski definition) is 3. The molecular weight excluding hydrogens is 256 g/mol. The minimum atomic E-state index is -0.824. The standard InChI is InChI=1S/C15H26N2O3/c1-11(2)15(7-8-16-10-15)13(20)17-14(9-12(18)19)5-3-4-6-14/h11,16H,3-10H2,1-2H3,(H,17,20)(H,18,19). The first-order valence-electron chi connectivity index (χ1n) is 7.65. The number of aliphatic carboxylic acids is 1. The van der Waals surface area contributed by atoms with Crippen molar-refractivity contribution in [2.75, 3.05) is 13.1 Å². The Morgan fingerprint density at radius 1 is 1.25 bits per heavy atom. The molecule has 1 saturated heterocycles. The van der Waals surface area contributed by atoms with E-state index in [0.29, 0.717) is 6.54 Å². The maximum Gasteiger partial charge on any atom is 0.305 e. The van der Waals surface area contributed by atoms with Gasteiger partial charge in [-0.15, -0.1) is 0 Å². The second-order valence-corrected chi connectivity index (χ2v) is 6.75. The van der Waals surface area contributed by atoms with Crippen LogP contribution in [0, 0.1) is 11.3 Å². The number of carboxylic acids is 1. The van der Waals surface area contributed by atoms with E-state index in [9.17, 15) is 9.59 Å². The molecular formula is C15H26N2O3. The normalized spacial score (nSPS) is 28.8. The molecule has 1 atom stereocenters. The molecule has 1 aliphatic heterocycles. The largest absolute Gasteiger partial charge is 0.481 e. The Morgan fingerprint density at radius 3 is 2.35 bits per heavy atom. The lowest BCUT2D eigenvalue weighted by Gasteiger charge is -2.37. The summed E-state index contributed by atoms with van der Waals surface area (Å²) in [5.41, 5.74) is -0.901. The number of nitrogens with one attached hydrogen (secondary N) is 2. The summed E-state index contributed by atoms with van der Waals surface area (Å²) < 4.78 is 0. The molecule has 0 spiro atoms. The highest BCUT2D eigenvalue weighted by Crippen LogP contribution is 2.38. The molecule has 0 bridgehead atoms. The average Bonchev–Trinajstić information content (AvgIpc) is 2.97. The summed E-state index contributed by atoms with van der Waals surface area (Å²) in [4.78, 5) is 23.9. The average molecular weight is 282 g/mol. The van der Waals surface area contributed by atoms with Crippen LogP contribution in [-0.2, 0) is 9.59 Å². The molecule has 2 fully saturated rings. The van der Waals surface area contributed by atoms with Gasteiger partial charge in [-0.1, -0.05) is 26.7 Å². The molecule has 114 valence electrons. The topological polar surface area (TPSA) is 78.4 Å². The number of amides is 1. The van der Waals surface area contributed by atoms with E-state index >= 15 is 0 Å². The summed E-state index contributed by atoms with van der Waals surface area (Å²) >= 11 is 0. The Labute approximate surface area is 120 Å². The van der Waals surface area contributed by atoms with Gasteiger partial charge in [0.25, 0.3) is 0 Å². The van der Waals surface area contributed by atoms with E-state index in [-0.39, 0.29) is 23.7 Å². The maximum atomic E-state index is 12.8. The van der Waals surface area contributed by atoms with Crippen LogP contribution in [0.2, 0.25) is 0 Å². The van der Waals surface area contributed by atoms with Gasteiger partial charge in [-0.25, -0.2) is 0 Å². The van der Waals surface area contributed by atoms with E-state index in [2.05, 4.69) is 24.5 Å². The highest BCUT2D eigenvalue weighted by Gasteiger charge is 2.47. The van der Waals surface area contributed by atoms with Crippen LogP contribution in [0.4, 0.5) is 0 Å². The van der Waals surface area contributed by atoms with Crippen molar-refractivity contribution in [1.82, 2.24) is 10.6 Å². The first-order valence-corrected chi connectivity index (χ1v) is 7.65. The van der Waals surface area contributed by atoms with Crippen molar-refractivity contribution in [2.45, 2.75) is 57.9 Å². The van der Waals surface area contributed by atoms with Gasteiger partial charge in [0, 0.05) is 6.54 Å². The Morgan fingerprint density at radius 2 is 1.90 bits per heavy atom. The number of carbonyl (C=O) groups excluding carboxylic acids is 1. The van der Waals surface area contributed by atoms with Crippen LogP contribution < -0.4 is 10.6 Å². The van der Waals surface area contributed by atoms with Crippen LogP contribution >= 0.6 is 0 Å². The molecule has 0 aromatic rings. The smallest absolute Gasteiger partial charge is 0.305 e. The molecule has 1 unspecified atom stereocenters. The minimum Gasteiger partial charge on any atom is -0.481 e. The van der Waals surface area contributed by atoms with Gasteiger partial charge in [-0.2, -0.15) is 0 Å². The Bertz CT molecular complexity index is 381. The molecule has 1 heterocycles. The second kappa shape index (κ2) is 5.72. The van der Waals surface area contributed by atoms with Gasteiger partial charge in [0.1, 0.15) is 0 Å². The van der Waals surface area contributed by atoms with Crippen LogP contribution in [0.3, 0.4) is 0 Å². The van der Waals surface area contributed by atoms with Crippen molar-refractivity contribution >= 4 is 11.9 Å². The van der Waals surface area contributed by atoms with Gasteiger partial charge >= 0.3 is 5.97 Å². The molecule has 1 saturated carbocycles. The van der Waals surface area contributed by atoms with Gasteiger partial charge in [0.05, 0.1) is 17.4 Å². The fraction of sp³-hybridized carbons (Fsp3) is 0.867. The van der Waals surface area contributed by atoms with Crippen molar-refractivity contribution in [2.24, 2.45) is 11.3 Å². The van der Waals surface area contributed by atoms with E-state index in [0.717, 1.165) is 38.6 Å². The first kappa shape index (κ1) is 15.3. The van der Waals surface area contributed by atoms with E-state index in [1.807, 2.05) is 0 Å². The predicted octanol–water partition coefficient (Wildman–Crippen LogP) is 1.53. The summed E-state index contributed by atoms with van der Waals surface area (Å²) in [5, 5.41) is 15.5. The van der Waals surface area contributed by atoms with Crippen molar-refractivity contribution in [1.29, 1.82) is 0 Å². The third kappa shape index (κ3) is 2.82. The van der Waals surface area contributed by atoms with Crippen molar-refractivity contribution in [3.05, 3.63) is 0 Å². The maximum absolute atomic E-state index is 12.8. The fourth-order valence-corrected chi connectivity index (χ4v) is 3.71. The van der Waals surface area contributed by atoms with Crippen LogP contribution in [0.25, 0.3) is 0 Å². The lowest BCUT2D eigenvalue weighted by Crippen LogP contribution is -2.55. The van der Waals surface area contributed by atoms with E-state index in [1.165, 1.54) is 0 Å². The predicted molar refractivity (Wildman–Crippen MR) is 76.4 cm³/mol.